The molecule has 1 aromatic rings. The van der Waals surface area contributed by atoms with Crippen LogP contribution in [0.15, 0.2) is 29.3 Å². The Bertz CT molecular complexity index is 670. The van der Waals surface area contributed by atoms with E-state index in [2.05, 4.69) is 51.3 Å². The van der Waals surface area contributed by atoms with E-state index in [-0.39, 0.29) is 6.04 Å². The van der Waals surface area contributed by atoms with Gasteiger partial charge in [-0.1, -0.05) is 19.1 Å². The topological polar surface area (TPSA) is 64.6 Å². The van der Waals surface area contributed by atoms with Crippen LogP contribution in [0.2, 0.25) is 0 Å². The fourth-order valence-corrected chi connectivity index (χ4v) is 4.33. The quantitative estimate of drug-likeness (QED) is 0.414. The van der Waals surface area contributed by atoms with Crippen molar-refractivity contribution in [3.8, 4) is 5.75 Å². The van der Waals surface area contributed by atoms with Gasteiger partial charge in [0.05, 0.1) is 32.9 Å². The lowest BCUT2D eigenvalue weighted by Gasteiger charge is -2.34. The second kappa shape index (κ2) is 13.6. The van der Waals surface area contributed by atoms with E-state index >= 15 is 0 Å². The molecule has 0 aliphatic carbocycles. The summed E-state index contributed by atoms with van der Waals surface area (Å²) in [5, 5.41) is 6.96. The predicted octanol–water partition coefficient (Wildman–Crippen LogP) is 1.26. The molecule has 2 aliphatic heterocycles. The molecule has 32 heavy (non-hydrogen) atoms. The van der Waals surface area contributed by atoms with E-state index in [4.69, 9.17) is 14.5 Å². The third kappa shape index (κ3) is 7.62. The zero-order valence-corrected chi connectivity index (χ0v) is 20.2. The van der Waals surface area contributed by atoms with Gasteiger partial charge >= 0.3 is 0 Å². The van der Waals surface area contributed by atoms with E-state index in [1.54, 1.807) is 7.11 Å². The number of nitrogens with zero attached hydrogens (tertiary/aromatic N) is 4. The van der Waals surface area contributed by atoms with E-state index in [0.29, 0.717) is 6.54 Å². The highest BCUT2D eigenvalue weighted by molar-refractivity contribution is 5.79. The molecule has 1 atom stereocenters. The largest absolute Gasteiger partial charge is 0.497 e. The van der Waals surface area contributed by atoms with Gasteiger partial charge in [-0.15, -0.1) is 0 Å². The lowest BCUT2D eigenvalue weighted by Crippen LogP contribution is -2.49. The van der Waals surface area contributed by atoms with Crippen LogP contribution in [0.3, 0.4) is 0 Å². The van der Waals surface area contributed by atoms with Crippen LogP contribution in [0.25, 0.3) is 0 Å². The monoisotopic (exact) mass is 446 g/mol. The fourth-order valence-electron chi connectivity index (χ4n) is 4.33. The first-order valence-electron chi connectivity index (χ1n) is 12.2. The minimum atomic E-state index is 0.224. The third-order valence-electron chi connectivity index (χ3n) is 6.39. The van der Waals surface area contributed by atoms with E-state index in [0.717, 1.165) is 77.3 Å². The molecule has 0 amide bonds. The van der Waals surface area contributed by atoms with Gasteiger partial charge in [0.15, 0.2) is 5.96 Å². The van der Waals surface area contributed by atoms with Crippen LogP contribution in [-0.4, -0.2) is 113 Å². The molecule has 2 aliphatic rings. The Hall–Kier alpha value is -1.87. The standard InChI is InChI=1S/C24H42N6O2/c1-4-25-24(26-10-11-29-14-12-28(5-2)13-15-29)27-20-23(30-16-18-32-19-17-30)21-6-8-22(31-3)9-7-21/h6-9,23H,4-5,10-20H2,1-3H3,(H2,25,26,27). The highest BCUT2D eigenvalue weighted by atomic mass is 16.5. The zero-order chi connectivity index (χ0) is 22.6. The van der Waals surface area contributed by atoms with E-state index in [1.807, 2.05) is 12.1 Å². The van der Waals surface area contributed by atoms with Crippen molar-refractivity contribution in [3.05, 3.63) is 29.8 Å². The molecule has 8 nitrogen and oxygen atoms in total. The number of likely N-dealkylation sites (N-methyl/N-ethyl adjacent to an activating group) is 1. The molecule has 0 spiro atoms. The molecule has 8 heteroatoms. The SMILES string of the molecule is CCNC(=NCC(c1ccc(OC)cc1)N1CCOCC1)NCCN1CCN(CC)CC1. The van der Waals surface area contributed by atoms with Crippen molar-refractivity contribution in [1.29, 1.82) is 0 Å². The molecule has 180 valence electrons. The van der Waals surface area contributed by atoms with Gasteiger partial charge in [-0.2, -0.15) is 0 Å². The first kappa shape index (κ1) is 24.8. The Morgan fingerprint density at radius 2 is 1.69 bits per heavy atom. The number of hydrogen-bond acceptors (Lipinski definition) is 6. The van der Waals surface area contributed by atoms with Crippen LogP contribution in [0.4, 0.5) is 0 Å². The van der Waals surface area contributed by atoms with Gasteiger partial charge in [0.2, 0.25) is 0 Å². The van der Waals surface area contributed by atoms with Gasteiger partial charge < -0.3 is 25.0 Å². The van der Waals surface area contributed by atoms with Gasteiger partial charge in [-0.25, -0.2) is 0 Å². The Labute approximate surface area is 193 Å². The molecule has 0 saturated carbocycles. The minimum Gasteiger partial charge on any atom is -0.497 e. The summed E-state index contributed by atoms with van der Waals surface area (Å²) in [6.07, 6.45) is 0. The number of morpholine rings is 1. The van der Waals surface area contributed by atoms with Crippen LogP contribution in [0.1, 0.15) is 25.5 Å². The summed E-state index contributed by atoms with van der Waals surface area (Å²) >= 11 is 0. The smallest absolute Gasteiger partial charge is 0.191 e. The van der Waals surface area contributed by atoms with Crippen molar-refractivity contribution in [3.63, 3.8) is 0 Å². The summed E-state index contributed by atoms with van der Waals surface area (Å²) in [6.45, 7) is 17.1. The lowest BCUT2D eigenvalue weighted by molar-refractivity contribution is 0.0179. The van der Waals surface area contributed by atoms with Crippen molar-refractivity contribution >= 4 is 5.96 Å². The van der Waals surface area contributed by atoms with Gasteiger partial charge in [0, 0.05) is 58.9 Å². The molecular formula is C24H42N6O2. The molecule has 0 radical (unpaired) electrons. The number of methoxy groups -OCH3 is 1. The van der Waals surface area contributed by atoms with Crippen molar-refractivity contribution in [2.75, 3.05) is 92.3 Å². The number of rotatable bonds is 10. The van der Waals surface area contributed by atoms with Crippen LogP contribution in [0, 0.1) is 0 Å². The van der Waals surface area contributed by atoms with Crippen molar-refractivity contribution in [2.45, 2.75) is 19.9 Å². The Morgan fingerprint density at radius 3 is 2.31 bits per heavy atom. The number of benzene rings is 1. The Morgan fingerprint density at radius 1 is 1.00 bits per heavy atom. The second-order valence-corrected chi connectivity index (χ2v) is 8.36. The predicted molar refractivity (Wildman–Crippen MR) is 131 cm³/mol. The molecule has 2 fully saturated rings. The van der Waals surface area contributed by atoms with Crippen LogP contribution < -0.4 is 15.4 Å². The summed E-state index contributed by atoms with van der Waals surface area (Å²) in [4.78, 5) is 12.5. The van der Waals surface area contributed by atoms with Gasteiger partial charge in [-0.3, -0.25) is 14.8 Å². The molecule has 1 unspecified atom stereocenters. The summed E-state index contributed by atoms with van der Waals surface area (Å²) < 4.78 is 10.9. The molecule has 3 rings (SSSR count). The maximum absolute atomic E-state index is 5.58. The van der Waals surface area contributed by atoms with Crippen molar-refractivity contribution in [1.82, 2.24) is 25.3 Å². The molecular weight excluding hydrogens is 404 g/mol. The molecule has 2 heterocycles. The van der Waals surface area contributed by atoms with Crippen LogP contribution in [-0.2, 0) is 4.74 Å². The number of hydrogen-bond donors (Lipinski definition) is 2. The second-order valence-electron chi connectivity index (χ2n) is 8.36. The minimum absolute atomic E-state index is 0.224. The maximum Gasteiger partial charge on any atom is 0.191 e. The molecule has 0 bridgehead atoms. The maximum atomic E-state index is 5.58. The Balaban J connectivity index is 1.58. The fraction of sp³-hybridized carbons (Fsp3) is 0.708. The average molecular weight is 447 g/mol. The lowest BCUT2D eigenvalue weighted by atomic mass is 10.0. The Kier molecular flexibility index (Phi) is 10.5. The summed E-state index contributed by atoms with van der Waals surface area (Å²) in [7, 11) is 1.71. The normalized spacial score (nSPS) is 20.2. The number of aliphatic imine (C=N–C) groups is 1. The molecule has 2 N–H and O–H groups in total. The molecule has 1 aromatic carbocycles. The summed E-state index contributed by atoms with van der Waals surface area (Å²) in [5.41, 5.74) is 1.26. The van der Waals surface area contributed by atoms with Gasteiger partial charge in [0.25, 0.3) is 0 Å². The van der Waals surface area contributed by atoms with Crippen LogP contribution >= 0.6 is 0 Å². The zero-order valence-electron chi connectivity index (χ0n) is 20.2. The van der Waals surface area contributed by atoms with E-state index < -0.39 is 0 Å². The van der Waals surface area contributed by atoms with Crippen LogP contribution in [0.5, 0.6) is 5.75 Å². The number of guanidine groups is 1. The van der Waals surface area contributed by atoms with Crippen molar-refractivity contribution in [2.24, 2.45) is 4.99 Å². The van der Waals surface area contributed by atoms with E-state index in [1.165, 1.54) is 18.7 Å². The molecule has 0 aromatic heterocycles. The summed E-state index contributed by atoms with van der Waals surface area (Å²) in [6, 6.07) is 8.61. The number of ether oxygens (including phenoxy) is 2. The van der Waals surface area contributed by atoms with Crippen molar-refractivity contribution < 1.29 is 9.47 Å². The third-order valence-corrected chi connectivity index (χ3v) is 6.39. The first-order valence-corrected chi connectivity index (χ1v) is 12.2. The number of nitrogens with one attached hydrogen (secondary N) is 2. The van der Waals surface area contributed by atoms with Gasteiger partial charge in [0.1, 0.15) is 5.75 Å². The molecule has 2 saturated heterocycles. The van der Waals surface area contributed by atoms with Gasteiger partial charge in [-0.05, 0) is 31.2 Å². The highest BCUT2D eigenvalue weighted by Crippen LogP contribution is 2.24. The average Bonchev–Trinajstić information content (AvgIpc) is 2.85. The first-order chi connectivity index (χ1) is 15.7. The highest BCUT2D eigenvalue weighted by Gasteiger charge is 2.23. The number of piperazine rings is 1. The summed E-state index contributed by atoms with van der Waals surface area (Å²) in [5.74, 6) is 1.78. The van der Waals surface area contributed by atoms with E-state index in [9.17, 15) is 0 Å².